The lowest BCUT2D eigenvalue weighted by molar-refractivity contribution is -0.385. The van der Waals surface area contributed by atoms with Gasteiger partial charge in [-0.25, -0.2) is 0 Å². The molecule has 0 aliphatic heterocycles. The molecule has 18 heavy (non-hydrogen) atoms. The predicted molar refractivity (Wildman–Crippen MR) is 72.7 cm³/mol. The summed E-state index contributed by atoms with van der Waals surface area (Å²) in [5, 5.41) is 11.1. The number of hydrogen-bond acceptors (Lipinski definition) is 3. The Morgan fingerprint density at radius 1 is 1.44 bits per heavy atom. The Bertz CT molecular complexity index is 412. The van der Waals surface area contributed by atoms with Crippen LogP contribution in [0.2, 0.25) is 5.02 Å². The number of nitro groups is 1. The summed E-state index contributed by atoms with van der Waals surface area (Å²) in [5.41, 5.74) is -0.104. The molecule has 1 unspecified atom stereocenters. The van der Waals surface area contributed by atoms with Crippen LogP contribution in [-0.4, -0.2) is 17.4 Å². The SMILES string of the molecule is CC(CCCl)CCOc1c(Cl)cccc1[N+](=O)[O-]. The van der Waals surface area contributed by atoms with Gasteiger partial charge in [0.1, 0.15) is 0 Å². The van der Waals surface area contributed by atoms with Crippen LogP contribution in [-0.2, 0) is 0 Å². The smallest absolute Gasteiger partial charge is 0.312 e. The molecule has 0 bridgehead atoms. The first-order valence-corrected chi connectivity index (χ1v) is 6.59. The Morgan fingerprint density at radius 3 is 2.78 bits per heavy atom. The molecule has 0 amide bonds. The van der Waals surface area contributed by atoms with E-state index in [1.807, 2.05) is 0 Å². The molecule has 1 atom stereocenters. The molecule has 0 fully saturated rings. The average Bonchev–Trinajstić information content (AvgIpc) is 2.31. The van der Waals surface area contributed by atoms with Gasteiger partial charge in [-0.05, 0) is 24.8 Å². The van der Waals surface area contributed by atoms with Crippen LogP contribution in [0.25, 0.3) is 0 Å². The Balaban J connectivity index is 2.64. The largest absolute Gasteiger partial charge is 0.486 e. The van der Waals surface area contributed by atoms with Crippen molar-refractivity contribution in [2.75, 3.05) is 12.5 Å². The van der Waals surface area contributed by atoms with Crippen molar-refractivity contribution in [2.24, 2.45) is 5.92 Å². The second kappa shape index (κ2) is 7.44. The highest BCUT2D eigenvalue weighted by Crippen LogP contribution is 2.34. The van der Waals surface area contributed by atoms with Crippen LogP contribution in [0.1, 0.15) is 19.8 Å². The van der Waals surface area contributed by atoms with Crippen LogP contribution in [0, 0.1) is 16.0 Å². The van der Waals surface area contributed by atoms with Crippen molar-refractivity contribution in [1.82, 2.24) is 0 Å². The van der Waals surface area contributed by atoms with Crippen LogP contribution >= 0.6 is 23.2 Å². The van der Waals surface area contributed by atoms with Crippen LogP contribution in [0.5, 0.6) is 5.75 Å². The summed E-state index contributed by atoms with van der Waals surface area (Å²) in [6.45, 7) is 2.45. The zero-order chi connectivity index (χ0) is 13.5. The van der Waals surface area contributed by atoms with E-state index >= 15 is 0 Å². The molecule has 1 aromatic rings. The van der Waals surface area contributed by atoms with Crippen molar-refractivity contribution >= 4 is 28.9 Å². The number of halogens is 2. The lowest BCUT2D eigenvalue weighted by Gasteiger charge is -2.11. The molecule has 0 aliphatic carbocycles. The first-order valence-electron chi connectivity index (χ1n) is 5.68. The van der Waals surface area contributed by atoms with Gasteiger partial charge in [0.15, 0.2) is 0 Å². The molecule has 6 heteroatoms. The molecular formula is C12H15Cl2NO3. The van der Waals surface area contributed by atoms with E-state index in [1.165, 1.54) is 12.1 Å². The zero-order valence-corrected chi connectivity index (χ0v) is 11.6. The molecule has 0 N–H and O–H groups in total. The molecule has 0 saturated carbocycles. The number of benzene rings is 1. The maximum Gasteiger partial charge on any atom is 0.312 e. The highest BCUT2D eigenvalue weighted by atomic mass is 35.5. The molecule has 1 rings (SSSR count). The molecule has 0 heterocycles. The third kappa shape index (κ3) is 4.35. The topological polar surface area (TPSA) is 52.4 Å². The molecule has 0 spiro atoms. The van der Waals surface area contributed by atoms with Crippen molar-refractivity contribution < 1.29 is 9.66 Å². The van der Waals surface area contributed by atoms with Gasteiger partial charge in [-0.2, -0.15) is 0 Å². The molecule has 0 saturated heterocycles. The minimum Gasteiger partial charge on any atom is -0.486 e. The fourth-order valence-electron chi connectivity index (χ4n) is 1.48. The number of para-hydroxylation sites is 1. The van der Waals surface area contributed by atoms with Crippen LogP contribution in [0.3, 0.4) is 0 Å². The first-order chi connectivity index (χ1) is 8.56. The first kappa shape index (κ1) is 15.1. The van der Waals surface area contributed by atoms with Crippen molar-refractivity contribution in [1.29, 1.82) is 0 Å². The van der Waals surface area contributed by atoms with Crippen molar-refractivity contribution in [3.05, 3.63) is 33.3 Å². The van der Waals surface area contributed by atoms with Crippen molar-refractivity contribution in [3.63, 3.8) is 0 Å². The van der Waals surface area contributed by atoms with Gasteiger partial charge in [0, 0.05) is 11.9 Å². The Morgan fingerprint density at radius 2 is 2.17 bits per heavy atom. The highest BCUT2D eigenvalue weighted by molar-refractivity contribution is 6.32. The van der Waals surface area contributed by atoms with Crippen molar-refractivity contribution in [2.45, 2.75) is 19.8 Å². The zero-order valence-electron chi connectivity index (χ0n) is 10.1. The van der Waals surface area contributed by atoms with Gasteiger partial charge < -0.3 is 4.74 Å². The van der Waals surface area contributed by atoms with E-state index in [2.05, 4.69) is 6.92 Å². The van der Waals surface area contributed by atoms with Crippen LogP contribution in [0.4, 0.5) is 5.69 Å². The summed E-state index contributed by atoms with van der Waals surface area (Å²) in [6, 6.07) is 4.49. The van der Waals surface area contributed by atoms with Gasteiger partial charge in [0.05, 0.1) is 16.6 Å². The standard InChI is InChI=1S/C12H15Cl2NO3/c1-9(5-7-13)6-8-18-12-10(14)3-2-4-11(12)15(16)17/h2-4,9H,5-8H2,1H3. The summed E-state index contributed by atoms with van der Waals surface area (Å²) >= 11 is 11.5. The summed E-state index contributed by atoms with van der Waals surface area (Å²) in [6.07, 6.45) is 1.69. The minimum atomic E-state index is -0.497. The highest BCUT2D eigenvalue weighted by Gasteiger charge is 2.18. The van der Waals surface area contributed by atoms with E-state index in [1.54, 1.807) is 6.07 Å². The molecule has 100 valence electrons. The monoisotopic (exact) mass is 291 g/mol. The van der Waals surface area contributed by atoms with Gasteiger partial charge in [0.2, 0.25) is 5.75 Å². The Labute approximate surface area is 116 Å². The lowest BCUT2D eigenvalue weighted by Crippen LogP contribution is -2.06. The van der Waals surface area contributed by atoms with E-state index in [4.69, 9.17) is 27.9 Å². The van der Waals surface area contributed by atoms with Gasteiger partial charge in [-0.15, -0.1) is 11.6 Å². The van der Waals surface area contributed by atoms with Crippen LogP contribution in [0.15, 0.2) is 18.2 Å². The maximum atomic E-state index is 10.8. The van der Waals surface area contributed by atoms with Gasteiger partial charge >= 0.3 is 5.69 Å². The molecule has 0 aliphatic rings. The second-order valence-electron chi connectivity index (χ2n) is 4.07. The summed E-state index contributed by atoms with van der Waals surface area (Å²) in [4.78, 5) is 10.3. The number of rotatable bonds is 7. The molecular weight excluding hydrogens is 277 g/mol. The fourth-order valence-corrected chi connectivity index (χ4v) is 2.07. The second-order valence-corrected chi connectivity index (χ2v) is 4.85. The maximum absolute atomic E-state index is 10.8. The normalized spacial score (nSPS) is 12.2. The third-order valence-electron chi connectivity index (χ3n) is 2.60. The molecule has 4 nitrogen and oxygen atoms in total. The summed E-state index contributed by atoms with van der Waals surface area (Å²) < 4.78 is 5.43. The predicted octanol–water partition coefficient (Wildman–Crippen LogP) is 4.28. The Hall–Kier alpha value is -1.00. The minimum absolute atomic E-state index is 0.104. The van der Waals surface area contributed by atoms with Crippen molar-refractivity contribution in [3.8, 4) is 5.75 Å². The molecule has 1 aromatic carbocycles. The number of nitrogens with zero attached hydrogens (tertiary/aromatic N) is 1. The summed E-state index contributed by atoms with van der Waals surface area (Å²) in [7, 11) is 0. The lowest BCUT2D eigenvalue weighted by atomic mass is 10.1. The average molecular weight is 292 g/mol. The third-order valence-corrected chi connectivity index (χ3v) is 3.12. The number of ether oxygens (including phenoxy) is 1. The number of alkyl halides is 1. The van der Waals surface area contributed by atoms with E-state index < -0.39 is 4.92 Å². The van der Waals surface area contributed by atoms with Gasteiger partial charge in [0.25, 0.3) is 0 Å². The number of nitro benzene ring substituents is 1. The quantitative estimate of drug-likeness (QED) is 0.428. The Kier molecular flexibility index (Phi) is 6.22. The van der Waals surface area contributed by atoms with Gasteiger partial charge in [-0.1, -0.05) is 24.6 Å². The van der Waals surface area contributed by atoms with Gasteiger partial charge in [-0.3, -0.25) is 10.1 Å². The van der Waals surface area contributed by atoms with E-state index in [9.17, 15) is 10.1 Å². The molecule has 0 radical (unpaired) electrons. The fraction of sp³-hybridized carbons (Fsp3) is 0.500. The van der Waals surface area contributed by atoms with E-state index in [-0.39, 0.29) is 16.5 Å². The van der Waals surface area contributed by atoms with Crippen LogP contribution < -0.4 is 4.74 Å². The van der Waals surface area contributed by atoms with E-state index in [0.717, 1.165) is 12.8 Å². The van der Waals surface area contributed by atoms with E-state index in [0.29, 0.717) is 18.4 Å². The summed E-state index contributed by atoms with van der Waals surface area (Å²) in [5.74, 6) is 1.17. The number of hydrogen-bond donors (Lipinski definition) is 0. The molecule has 0 aromatic heterocycles.